The van der Waals surface area contributed by atoms with Crippen molar-refractivity contribution in [3.63, 3.8) is 0 Å². The SMILES string of the molecule is CCC(=O)N1CCN(c2c(Cl)cncc2Cl)CC1. The molecule has 0 N–H and O–H groups in total. The van der Waals surface area contributed by atoms with Gasteiger partial charge in [-0.3, -0.25) is 9.78 Å². The van der Waals surface area contributed by atoms with Gasteiger partial charge in [-0.25, -0.2) is 0 Å². The maximum atomic E-state index is 11.6. The Morgan fingerprint density at radius 1 is 1.22 bits per heavy atom. The summed E-state index contributed by atoms with van der Waals surface area (Å²) in [6.07, 6.45) is 3.73. The Kier molecular flexibility index (Phi) is 4.30. The third kappa shape index (κ3) is 2.70. The molecule has 0 aromatic carbocycles. The summed E-state index contributed by atoms with van der Waals surface area (Å²) in [5.41, 5.74) is 0.817. The summed E-state index contributed by atoms with van der Waals surface area (Å²) in [5, 5.41) is 1.11. The third-order valence-corrected chi connectivity index (χ3v) is 3.63. The normalized spacial score (nSPS) is 15.9. The lowest BCUT2D eigenvalue weighted by Crippen LogP contribution is -2.48. The van der Waals surface area contributed by atoms with Gasteiger partial charge in [-0.15, -0.1) is 0 Å². The molecule has 0 spiro atoms. The maximum Gasteiger partial charge on any atom is 0.222 e. The molecule has 2 heterocycles. The molecule has 1 aromatic rings. The largest absolute Gasteiger partial charge is 0.365 e. The lowest BCUT2D eigenvalue weighted by atomic mass is 10.2. The molecule has 4 nitrogen and oxygen atoms in total. The van der Waals surface area contributed by atoms with E-state index in [1.54, 1.807) is 12.4 Å². The summed E-state index contributed by atoms with van der Waals surface area (Å²) >= 11 is 12.2. The van der Waals surface area contributed by atoms with Crippen molar-refractivity contribution < 1.29 is 4.79 Å². The fourth-order valence-corrected chi connectivity index (χ4v) is 2.71. The van der Waals surface area contributed by atoms with Crippen LogP contribution in [0.25, 0.3) is 0 Å². The smallest absolute Gasteiger partial charge is 0.222 e. The minimum atomic E-state index is 0.196. The first-order valence-corrected chi connectivity index (χ1v) is 6.70. The highest BCUT2D eigenvalue weighted by Crippen LogP contribution is 2.32. The zero-order valence-electron chi connectivity index (χ0n) is 10.2. The molecule has 18 heavy (non-hydrogen) atoms. The molecule has 0 atom stereocenters. The van der Waals surface area contributed by atoms with Crippen molar-refractivity contribution in [1.82, 2.24) is 9.88 Å². The van der Waals surface area contributed by atoms with Crippen LogP contribution >= 0.6 is 23.2 Å². The summed E-state index contributed by atoms with van der Waals surface area (Å²) in [5.74, 6) is 0.196. The number of carbonyl (C=O) groups excluding carboxylic acids is 1. The highest BCUT2D eigenvalue weighted by molar-refractivity contribution is 6.38. The van der Waals surface area contributed by atoms with Crippen LogP contribution in [0.4, 0.5) is 5.69 Å². The van der Waals surface area contributed by atoms with E-state index in [0.29, 0.717) is 29.6 Å². The predicted molar refractivity (Wildman–Crippen MR) is 73.3 cm³/mol. The fraction of sp³-hybridized carbons (Fsp3) is 0.500. The fourth-order valence-electron chi connectivity index (χ4n) is 2.11. The first-order chi connectivity index (χ1) is 8.63. The van der Waals surface area contributed by atoms with Gasteiger partial charge < -0.3 is 9.80 Å². The molecule has 1 aliphatic heterocycles. The second kappa shape index (κ2) is 5.76. The number of nitrogens with zero attached hydrogens (tertiary/aromatic N) is 3. The van der Waals surface area contributed by atoms with Crippen molar-refractivity contribution in [1.29, 1.82) is 0 Å². The topological polar surface area (TPSA) is 36.4 Å². The zero-order chi connectivity index (χ0) is 13.1. The molecule has 0 unspecified atom stereocenters. The van der Waals surface area contributed by atoms with Crippen molar-refractivity contribution in [2.24, 2.45) is 0 Å². The van der Waals surface area contributed by atoms with E-state index < -0.39 is 0 Å². The Balaban J connectivity index is 2.08. The molecular formula is C12H15Cl2N3O. The van der Waals surface area contributed by atoms with Crippen LogP contribution in [0.2, 0.25) is 10.0 Å². The van der Waals surface area contributed by atoms with Gasteiger partial charge in [-0.2, -0.15) is 0 Å². The van der Waals surface area contributed by atoms with Gasteiger partial charge >= 0.3 is 0 Å². The van der Waals surface area contributed by atoms with Crippen LogP contribution in [-0.4, -0.2) is 42.0 Å². The highest BCUT2D eigenvalue weighted by atomic mass is 35.5. The molecule has 0 bridgehead atoms. The van der Waals surface area contributed by atoms with Gasteiger partial charge in [0.2, 0.25) is 5.91 Å². The van der Waals surface area contributed by atoms with E-state index in [9.17, 15) is 4.79 Å². The number of piperazine rings is 1. The monoisotopic (exact) mass is 287 g/mol. The van der Waals surface area contributed by atoms with Crippen LogP contribution in [0.15, 0.2) is 12.4 Å². The van der Waals surface area contributed by atoms with Crippen molar-refractivity contribution in [2.75, 3.05) is 31.1 Å². The Morgan fingerprint density at radius 3 is 2.28 bits per heavy atom. The summed E-state index contributed by atoms with van der Waals surface area (Å²) in [6.45, 7) is 4.79. The van der Waals surface area contributed by atoms with Crippen LogP contribution in [0.3, 0.4) is 0 Å². The summed E-state index contributed by atoms with van der Waals surface area (Å²) < 4.78 is 0. The highest BCUT2D eigenvalue weighted by Gasteiger charge is 2.22. The van der Waals surface area contributed by atoms with Crippen molar-refractivity contribution in [2.45, 2.75) is 13.3 Å². The first-order valence-electron chi connectivity index (χ1n) is 5.95. The third-order valence-electron chi connectivity index (χ3n) is 3.08. The number of hydrogen-bond donors (Lipinski definition) is 0. The number of carbonyl (C=O) groups is 1. The van der Waals surface area contributed by atoms with Gasteiger partial charge in [-0.1, -0.05) is 30.1 Å². The molecule has 2 rings (SSSR count). The van der Waals surface area contributed by atoms with Gasteiger partial charge in [0, 0.05) is 45.0 Å². The van der Waals surface area contributed by atoms with Crippen molar-refractivity contribution in [3.8, 4) is 0 Å². The summed E-state index contributed by atoms with van der Waals surface area (Å²) in [7, 11) is 0. The molecular weight excluding hydrogens is 273 g/mol. The summed E-state index contributed by atoms with van der Waals surface area (Å²) in [4.78, 5) is 19.5. The second-order valence-corrected chi connectivity index (χ2v) is 4.99. The Labute approximate surface area is 116 Å². The molecule has 1 amide bonds. The standard InChI is InChI=1S/C12H15Cl2N3O/c1-2-11(18)16-3-5-17(6-4-16)12-9(13)7-15-8-10(12)14/h7-8H,2-6H2,1H3. The Hall–Kier alpha value is -1.00. The van der Waals surface area contributed by atoms with E-state index in [1.807, 2.05) is 11.8 Å². The van der Waals surface area contributed by atoms with E-state index in [1.165, 1.54) is 0 Å². The molecule has 0 radical (unpaired) electrons. The molecule has 1 aromatic heterocycles. The second-order valence-electron chi connectivity index (χ2n) is 4.17. The van der Waals surface area contributed by atoms with Crippen LogP contribution in [0.5, 0.6) is 0 Å². The number of anilines is 1. The number of hydrogen-bond acceptors (Lipinski definition) is 3. The number of rotatable bonds is 2. The molecule has 6 heteroatoms. The predicted octanol–water partition coefficient (Wildman–Crippen LogP) is 2.45. The van der Waals surface area contributed by atoms with E-state index in [0.717, 1.165) is 18.8 Å². The van der Waals surface area contributed by atoms with E-state index in [-0.39, 0.29) is 5.91 Å². The van der Waals surface area contributed by atoms with Gasteiger partial charge in [0.1, 0.15) is 0 Å². The van der Waals surface area contributed by atoms with Gasteiger partial charge in [0.05, 0.1) is 15.7 Å². The van der Waals surface area contributed by atoms with Crippen LogP contribution in [0, 0.1) is 0 Å². The van der Waals surface area contributed by atoms with Gasteiger partial charge in [0.15, 0.2) is 0 Å². The molecule has 1 aliphatic rings. The van der Waals surface area contributed by atoms with E-state index in [4.69, 9.17) is 23.2 Å². The van der Waals surface area contributed by atoms with E-state index in [2.05, 4.69) is 9.88 Å². The molecule has 1 fully saturated rings. The van der Waals surface area contributed by atoms with Crippen molar-refractivity contribution >= 4 is 34.8 Å². The maximum absolute atomic E-state index is 11.6. The first kappa shape index (κ1) is 13.4. The number of pyridine rings is 1. The lowest BCUT2D eigenvalue weighted by Gasteiger charge is -2.36. The average Bonchev–Trinajstić information content (AvgIpc) is 2.38. The number of aromatic nitrogens is 1. The van der Waals surface area contributed by atoms with Crippen LogP contribution < -0.4 is 4.90 Å². The van der Waals surface area contributed by atoms with Gasteiger partial charge in [0.25, 0.3) is 0 Å². The van der Waals surface area contributed by atoms with Gasteiger partial charge in [-0.05, 0) is 0 Å². The molecule has 0 aliphatic carbocycles. The zero-order valence-corrected chi connectivity index (χ0v) is 11.7. The molecule has 0 saturated carbocycles. The quantitative estimate of drug-likeness (QED) is 0.838. The Morgan fingerprint density at radius 2 is 1.78 bits per heavy atom. The lowest BCUT2D eigenvalue weighted by molar-refractivity contribution is -0.131. The van der Waals surface area contributed by atoms with Crippen molar-refractivity contribution in [3.05, 3.63) is 22.4 Å². The van der Waals surface area contributed by atoms with Crippen LogP contribution in [-0.2, 0) is 4.79 Å². The average molecular weight is 288 g/mol. The molecule has 98 valence electrons. The number of halogens is 2. The Bertz CT molecular complexity index is 425. The van der Waals surface area contributed by atoms with Crippen LogP contribution in [0.1, 0.15) is 13.3 Å². The molecule has 1 saturated heterocycles. The van der Waals surface area contributed by atoms with E-state index >= 15 is 0 Å². The minimum Gasteiger partial charge on any atom is -0.365 e. The minimum absolute atomic E-state index is 0.196. The number of amides is 1. The summed E-state index contributed by atoms with van der Waals surface area (Å²) in [6, 6.07) is 0.